The number of benzene rings is 1. The first-order valence-electron chi connectivity index (χ1n) is 9.81. The monoisotopic (exact) mass is 359 g/mol. The summed E-state index contributed by atoms with van der Waals surface area (Å²) in [5.41, 5.74) is 1.55. The van der Waals surface area contributed by atoms with Gasteiger partial charge in [-0.3, -0.25) is 4.99 Å². The Kier molecular flexibility index (Phi) is 6.41. The Balaban J connectivity index is 1.67. The Morgan fingerprint density at radius 3 is 2.85 bits per heavy atom. The Labute approximate surface area is 157 Å². The lowest BCUT2D eigenvalue weighted by Crippen LogP contribution is -2.46. The fourth-order valence-corrected chi connectivity index (χ4v) is 4.41. The van der Waals surface area contributed by atoms with Crippen LogP contribution in [0, 0.1) is 5.92 Å². The van der Waals surface area contributed by atoms with E-state index in [0.717, 1.165) is 44.4 Å². The van der Waals surface area contributed by atoms with Gasteiger partial charge in [-0.15, -0.1) is 0 Å². The zero-order valence-corrected chi connectivity index (χ0v) is 16.5. The van der Waals surface area contributed by atoms with Crippen molar-refractivity contribution in [2.24, 2.45) is 10.9 Å². The number of ether oxygens (including phenoxy) is 2. The highest BCUT2D eigenvalue weighted by Crippen LogP contribution is 2.41. The van der Waals surface area contributed by atoms with Gasteiger partial charge in [-0.2, -0.15) is 0 Å². The van der Waals surface area contributed by atoms with E-state index < -0.39 is 0 Å². The van der Waals surface area contributed by atoms with Crippen molar-refractivity contribution in [1.29, 1.82) is 0 Å². The van der Waals surface area contributed by atoms with E-state index in [2.05, 4.69) is 40.5 Å². The molecule has 1 aromatic carbocycles. The number of hydrogen-bond acceptors (Lipinski definition) is 3. The van der Waals surface area contributed by atoms with Crippen LogP contribution in [0.2, 0.25) is 0 Å². The third-order valence-electron chi connectivity index (χ3n) is 5.96. The highest BCUT2D eigenvalue weighted by molar-refractivity contribution is 5.79. The molecule has 1 aromatic rings. The smallest absolute Gasteiger partial charge is 0.193 e. The van der Waals surface area contributed by atoms with E-state index in [1.54, 1.807) is 7.11 Å². The largest absolute Gasteiger partial charge is 0.497 e. The molecule has 1 aliphatic carbocycles. The highest BCUT2D eigenvalue weighted by atomic mass is 16.5. The summed E-state index contributed by atoms with van der Waals surface area (Å²) in [6.45, 7) is 3.67. The summed E-state index contributed by atoms with van der Waals surface area (Å²) in [5.74, 6) is 2.53. The lowest BCUT2D eigenvalue weighted by Gasteiger charge is -2.33. The van der Waals surface area contributed by atoms with E-state index in [-0.39, 0.29) is 5.41 Å². The van der Waals surface area contributed by atoms with Crippen molar-refractivity contribution >= 4 is 5.96 Å². The van der Waals surface area contributed by atoms with E-state index in [0.29, 0.717) is 5.92 Å². The SMILES string of the molecule is CN=C(NCC1(c2cccc(OC)c2)CCCC1)N(C)CC1CCOC1. The quantitative estimate of drug-likeness (QED) is 0.626. The maximum Gasteiger partial charge on any atom is 0.193 e. The first-order chi connectivity index (χ1) is 12.7. The summed E-state index contributed by atoms with van der Waals surface area (Å²) >= 11 is 0. The predicted molar refractivity (Wildman–Crippen MR) is 106 cm³/mol. The molecule has 1 aliphatic heterocycles. The van der Waals surface area contributed by atoms with Crippen LogP contribution in [0.15, 0.2) is 29.3 Å². The minimum absolute atomic E-state index is 0.168. The molecular weight excluding hydrogens is 326 g/mol. The second-order valence-corrected chi connectivity index (χ2v) is 7.73. The van der Waals surface area contributed by atoms with Gasteiger partial charge in [0.05, 0.1) is 13.7 Å². The topological polar surface area (TPSA) is 46.1 Å². The van der Waals surface area contributed by atoms with E-state index in [9.17, 15) is 0 Å². The molecule has 5 nitrogen and oxygen atoms in total. The van der Waals surface area contributed by atoms with Crippen LogP contribution in [-0.2, 0) is 10.2 Å². The standard InChI is InChI=1S/C21H33N3O2/c1-22-20(24(2)14-17-9-12-26-15-17)23-16-21(10-4-5-11-21)18-7-6-8-19(13-18)25-3/h6-8,13,17H,4-5,9-12,14-16H2,1-3H3,(H,22,23). The number of rotatable bonds is 6. The maximum atomic E-state index is 5.51. The molecule has 0 radical (unpaired) electrons. The molecule has 3 rings (SSSR count). The van der Waals surface area contributed by atoms with E-state index in [4.69, 9.17) is 9.47 Å². The van der Waals surface area contributed by atoms with Crippen molar-refractivity contribution in [3.63, 3.8) is 0 Å². The number of methoxy groups -OCH3 is 1. The number of aliphatic imine (C=N–C) groups is 1. The second kappa shape index (κ2) is 8.76. The van der Waals surface area contributed by atoms with Crippen LogP contribution in [0.3, 0.4) is 0 Å². The summed E-state index contributed by atoms with van der Waals surface area (Å²) in [6, 6.07) is 8.58. The van der Waals surface area contributed by atoms with Gasteiger partial charge in [-0.05, 0) is 37.0 Å². The van der Waals surface area contributed by atoms with Gasteiger partial charge in [0.15, 0.2) is 5.96 Å². The average Bonchev–Trinajstić information content (AvgIpc) is 3.35. The van der Waals surface area contributed by atoms with E-state index in [1.807, 2.05) is 13.1 Å². The minimum atomic E-state index is 0.168. The summed E-state index contributed by atoms with van der Waals surface area (Å²) in [5, 5.41) is 3.66. The predicted octanol–water partition coefficient (Wildman–Crippen LogP) is 3.05. The number of hydrogen-bond donors (Lipinski definition) is 1. The first kappa shape index (κ1) is 19.0. The van der Waals surface area contributed by atoms with Crippen molar-refractivity contribution in [2.45, 2.75) is 37.5 Å². The molecule has 1 saturated heterocycles. The van der Waals surface area contributed by atoms with Crippen LogP contribution in [0.25, 0.3) is 0 Å². The molecule has 0 bridgehead atoms. The highest BCUT2D eigenvalue weighted by Gasteiger charge is 2.36. The van der Waals surface area contributed by atoms with Gasteiger partial charge in [0.25, 0.3) is 0 Å². The van der Waals surface area contributed by atoms with E-state index >= 15 is 0 Å². The number of nitrogens with zero attached hydrogens (tertiary/aromatic N) is 2. The first-order valence-corrected chi connectivity index (χ1v) is 9.81. The van der Waals surface area contributed by atoms with Gasteiger partial charge in [0, 0.05) is 45.1 Å². The van der Waals surface area contributed by atoms with Gasteiger partial charge in [-0.25, -0.2) is 0 Å². The average molecular weight is 360 g/mol. The molecule has 0 amide bonds. The van der Waals surface area contributed by atoms with Gasteiger partial charge < -0.3 is 19.7 Å². The lowest BCUT2D eigenvalue weighted by atomic mass is 9.78. The van der Waals surface area contributed by atoms with Crippen LogP contribution < -0.4 is 10.1 Å². The molecular formula is C21H33N3O2. The molecule has 2 fully saturated rings. The Bertz CT molecular complexity index is 605. The van der Waals surface area contributed by atoms with Crippen molar-refractivity contribution in [3.8, 4) is 5.75 Å². The lowest BCUT2D eigenvalue weighted by molar-refractivity contribution is 0.181. The second-order valence-electron chi connectivity index (χ2n) is 7.73. The minimum Gasteiger partial charge on any atom is -0.497 e. The summed E-state index contributed by atoms with van der Waals surface area (Å²) < 4.78 is 11.0. The van der Waals surface area contributed by atoms with Crippen LogP contribution in [0.4, 0.5) is 0 Å². The van der Waals surface area contributed by atoms with Gasteiger partial charge in [0.2, 0.25) is 0 Å². The van der Waals surface area contributed by atoms with Gasteiger partial charge in [-0.1, -0.05) is 25.0 Å². The summed E-state index contributed by atoms with van der Waals surface area (Å²) in [6.07, 6.45) is 6.14. The molecule has 5 heteroatoms. The molecule has 1 N–H and O–H groups in total. The Hall–Kier alpha value is -1.75. The summed E-state index contributed by atoms with van der Waals surface area (Å²) in [4.78, 5) is 6.76. The van der Waals surface area contributed by atoms with Crippen LogP contribution in [-0.4, -0.2) is 58.4 Å². The van der Waals surface area contributed by atoms with Crippen molar-refractivity contribution in [2.75, 3.05) is 47.5 Å². The summed E-state index contributed by atoms with van der Waals surface area (Å²) in [7, 11) is 5.74. The molecule has 1 heterocycles. The van der Waals surface area contributed by atoms with E-state index in [1.165, 1.54) is 31.2 Å². The Morgan fingerprint density at radius 1 is 1.38 bits per heavy atom. The number of guanidine groups is 1. The van der Waals surface area contributed by atoms with Crippen molar-refractivity contribution in [1.82, 2.24) is 10.2 Å². The molecule has 144 valence electrons. The third-order valence-corrected chi connectivity index (χ3v) is 5.96. The molecule has 0 aromatic heterocycles. The number of nitrogens with one attached hydrogen (secondary N) is 1. The van der Waals surface area contributed by atoms with Crippen LogP contribution in [0.1, 0.15) is 37.7 Å². The van der Waals surface area contributed by atoms with Crippen LogP contribution in [0.5, 0.6) is 5.75 Å². The molecule has 1 unspecified atom stereocenters. The van der Waals surface area contributed by atoms with Crippen molar-refractivity contribution in [3.05, 3.63) is 29.8 Å². The normalized spacial score (nSPS) is 22.4. The molecule has 1 atom stereocenters. The molecule has 26 heavy (non-hydrogen) atoms. The van der Waals surface area contributed by atoms with Crippen LogP contribution >= 0.6 is 0 Å². The molecule has 0 spiro atoms. The third kappa shape index (κ3) is 4.32. The van der Waals surface area contributed by atoms with Gasteiger partial charge in [0.1, 0.15) is 5.75 Å². The van der Waals surface area contributed by atoms with Crippen molar-refractivity contribution < 1.29 is 9.47 Å². The van der Waals surface area contributed by atoms with Gasteiger partial charge >= 0.3 is 0 Å². The molecule has 2 aliphatic rings. The fraction of sp³-hybridized carbons (Fsp3) is 0.667. The Morgan fingerprint density at radius 2 is 2.19 bits per heavy atom. The zero-order valence-electron chi connectivity index (χ0n) is 16.5. The molecule has 1 saturated carbocycles. The zero-order chi connectivity index (χ0) is 18.4. The fourth-order valence-electron chi connectivity index (χ4n) is 4.41. The maximum absolute atomic E-state index is 5.51.